The molecule has 1 heterocycles. The topological polar surface area (TPSA) is 52.6 Å². The van der Waals surface area contributed by atoms with Gasteiger partial charge in [0.1, 0.15) is 0 Å². The second kappa shape index (κ2) is 7.97. The molecule has 2 amide bonds. The van der Waals surface area contributed by atoms with E-state index in [4.69, 9.17) is 0 Å². The fourth-order valence-electron chi connectivity index (χ4n) is 3.23. The molecule has 2 aromatic carbocycles. The molecule has 3 rings (SSSR count). The van der Waals surface area contributed by atoms with Crippen molar-refractivity contribution in [1.82, 2.24) is 10.2 Å². The summed E-state index contributed by atoms with van der Waals surface area (Å²) in [5, 5.41) is 13.5. The van der Waals surface area contributed by atoms with Crippen molar-refractivity contribution in [2.45, 2.75) is 25.5 Å². The Balaban J connectivity index is 1.47. The van der Waals surface area contributed by atoms with Crippen molar-refractivity contribution < 1.29 is 9.90 Å². The SMILES string of the molecule is O=C(NCc1ccccc1)N1CCC([C@H](O)c2ccccc2)CC1. The van der Waals surface area contributed by atoms with Crippen LogP contribution in [0.1, 0.15) is 30.1 Å². The summed E-state index contributed by atoms with van der Waals surface area (Å²) < 4.78 is 0. The van der Waals surface area contributed by atoms with E-state index in [1.165, 1.54) is 0 Å². The summed E-state index contributed by atoms with van der Waals surface area (Å²) in [6.07, 6.45) is 1.21. The Bertz CT molecular complexity index is 637. The minimum absolute atomic E-state index is 0.0218. The fraction of sp³-hybridized carbons (Fsp3) is 0.350. The number of hydrogen-bond donors (Lipinski definition) is 2. The van der Waals surface area contributed by atoms with Crippen molar-refractivity contribution in [1.29, 1.82) is 0 Å². The summed E-state index contributed by atoms with van der Waals surface area (Å²) in [4.78, 5) is 14.1. The molecule has 4 heteroatoms. The Labute approximate surface area is 143 Å². The number of carbonyl (C=O) groups is 1. The van der Waals surface area contributed by atoms with Gasteiger partial charge in [-0.1, -0.05) is 60.7 Å². The Morgan fingerprint density at radius 1 is 1.04 bits per heavy atom. The molecule has 0 aromatic heterocycles. The van der Waals surface area contributed by atoms with Gasteiger partial charge in [-0.2, -0.15) is 0 Å². The lowest BCUT2D eigenvalue weighted by atomic mass is 9.87. The van der Waals surface area contributed by atoms with Crippen LogP contribution in [0.4, 0.5) is 4.79 Å². The second-order valence-corrected chi connectivity index (χ2v) is 6.32. The summed E-state index contributed by atoms with van der Waals surface area (Å²) in [6.45, 7) is 1.93. The molecule has 24 heavy (non-hydrogen) atoms. The second-order valence-electron chi connectivity index (χ2n) is 6.32. The highest BCUT2D eigenvalue weighted by Gasteiger charge is 2.28. The number of aliphatic hydroxyl groups is 1. The molecule has 0 saturated carbocycles. The number of piperidine rings is 1. The van der Waals surface area contributed by atoms with Crippen LogP contribution < -0.4 is 5.32 Å². The van der Waals surface area contributed by atoms with Crippen LogP contribution >= 0.6 is 0 Å². The quantitative estimate of drug-likeness (QED) is 0.906. The van der Waals surface area contributed by atoms with Crippen LogP contribution in [0, 0.1) is 5.92 Å². The Morgan fingerprint density at radius 3 is 2.25 bits per heavy atom. The number of benzene rings is 2. The molecule has 2 aromatic rings. The molecule has 1 fully saturated rings. The minimum atomic E-state index is -0.444. The van der Waals surface area contributed by atoms with E-state index in [9.17, 15) is 9.90 Å². The summed E-state index contributed by atoms with van der Waals surface area (Å²) in [7, 11) is 0. The predicted molar refractivity (Wildman–Crippen MR) is 94.4 cm³/mol. The number of likely N-dealkylation sites (tertiary alicyclic amines) is 1. The minimum Gasteiger partial charge on any atom is -0.388 e. The van der Waals surface area contributed by atoms with Gasteiger partial charge in [-0.3, -0.25) is 0 Å². The first-order chi connectivity index (χ1) is 11.7. The first-order valence-electron chi connectivity index (χ1n) is 8.54. The largest absolute Gasteiger partial charge is 0.388 e. The lowest BCUT2D eigenvalue weighted by Gasteiger charge is -2.34. The van der Waals surface area contributed by atoms with Gasteiger partial charge in [0, 0.05) is 19.6 Å². The van der Waals surface area contributed by atoms with E-state index in [0.717, 1.165) is 24.0 Å². The van der Waals surface area contributed by atoms with Crippen LogP contribution in [0.25, 0.3) is 0 Å². The highest BCUT2D eigenvalue weighted by molar-refractivity contribution is 5.74. The number of nitrogens with one attached hydrogen (secondary N) is 1. The third kappa shape index (κ3) is 4.15. The molecule has 0 bridgehead atoms. The smallest absolute Gasteiger partial charge is 0.317 e. The van der Waals surface area contributed by atoms with Crippen molar-refractivity contribution in [2.24, 2.45) is 5.92 Å². The third-order valence-electron chi connectivity index (χ3n) is 4.70. The van der Waals surface area contributed by atoms with Gasteiger partial charge in [0.2, 0.25) is 0 Å². The summed E-state index contributed by atoms with van der Waals surface area (Å²) in [5.74, 6) is 0.213. The molecule has 0 radical (unpaired) electrons. The van der Waals surface area contributed by atoms with E-state index in [-0.39, 0.29) is 11.9 Å². The van der Waals surface area contributed by atoms with Crippen LogP contribution in [0.15, 0.2) is 60.7 Å². The maximum Gasteiger partial charge on any atom is 0.317 e. The van der Waals surface area contributed by atoms with Crippen LogP contribution in [-0.2, 0) is 6.54 Å². The first kappa shape index (κ1) is 16.5. The van der Waals surface area contributed by atoms with Gasteiger partial charge in [-0.25, -0.2) is 4.79 Å². The molecule has 1 saturated heterocycles. The molecule has 2 N–H and O–H groups in total. The fourth-order valence-corrected chi connectivity index (χ4v) is 3.23. The number of nitrogens with zero attached hydrogens (tertiary/aromatic N) is 1. The number of rotatable bonds is 4. The van der Waals surface area contributed by atoms with E-state index in [1.807, 2.05) is 65.6 Å². The van der Waals surface area contributed by atoms with Crippen LogP contribution in [0.3, 0.4) is 0 Å². The summed E-state index contributed by atoms with van der Waals surface area (Å²) >= 11 is 0. The lowest BCUT2D eigenvalue weighted by Crippen LogP contribution is -2.44. The lowest BCUT2D eigenvalue weighted by molar-refractivity contribution is 0.0665. The zero-order valence-electron chi connectivity index (χ0n) is 13.8. The maximum absolute atomic E-state index is 12.3. The van der Waals surface area contributed by atoms with Crippen molar-refractivity contribution in [3.8, 4) is 0 Å². The predicted octanol–water partition coefficient (Wildman–Crippen LogP) is 3.34. The molecular weight excluding hydrogens is 300 g/mol. The molecule has 0 unspecified atom stereocenters. The Kier molecular flexibility index (Phi) is 5.49. The van der Waals surface area contributed by atoms with E-state index in [2.05, 4.69) is 5.32 Å². The molecule has 126 valence electrons. The average molecular weight is 324 g/mol. The zero-order chi connectivity index (χ0) is 16.8. The van der Waals surface area contributed by atoms with Crippen molar-refractivity contribution in [3.05, 3.63) is 71.8 Å². The van der Waals surface area contributed by atoms with Crippen molar-refractivity contribution >= 4 is 6.03 Å². The van der Waals surface area contributed by atoms with E-state index >= 15 is 0 Å². The van der Waals surface area contributed by atoms with Gasteiger partial charge in [0.25, 0.3) is 0 Å². The Hall–Kier alpha value is -2.33. The summed E-state index contributed by atoms with van der Waals surface area (Å²) in [5.41, 5.74) is 2.06. The van der Waals surface area contributed by atoms with Crippen molar-refractivity contribution in [2.75, 3.05) is 13.1 Å². The highest BCUT2D eigenvalue weighted by Crippen LogP contribution is 2.30. The standard InChI is InChI=1S/C20H24N2O2/c23-19(17-9-5-2-6-10-17)18-11-13-22(14-12-18)20(24)21-15-16-7-3-1-4-8-16/h1-10,18-19,23H,11-15H2,(H,21,24)/t19-/m1/s1. The van der Waals surface area contributed by atoms with Gasteiger partial charge in [-0.05, 0) is 29.9 Å². The summed E-state index contributed by atoms with van der Waals surface area (Å²) in [6, 6.07) is 19.7. The van der Waals surface area contributed by atoms with E-state index in [0.29, 0.717) is 19.6 Å². The van der Waals surface area contributed by atoms with E-state index in [1.54, 1.807) is 0 Å². The van der Waals surface area contributed by atoms with Gasteiger partial charge in [0.05, 0.1) is 6.10 Å². The molecule has 4 nitrogen and oxygen atoms in total. The van der Waals surface area contributed by atoms with Crippen LogP contribution in [0.5, 0.6) is 0 Å². The van der Waals surface area contributed by atoms with Crippen molar-refractivity contribution in [3.63, 3.8) is 0 Å². The first-order valence-corrected chi connectivity index (χ1v) is 8.54. The van der Waals surface area contributed by atoms with Crippen LogP contribution in [-0.4, -0.2) is 29.1 Å². The molecular formula is C20H24N2O2. The number of carbonyl (C=O) groups excluding carboxylic acids is 1. The molecule has 1 aliphatic rings. The molecule has 1 aliphatic heterocycles. The maximum atomic E-state index is 12.3. The molecule has 0 aliphatic carbocycles. The highest BCUT2D eigenvalue weighted by atomic mass is 16.3. The van der Waals surface area contributed by atoms with Gasteiger partial charge in [0.15, 0.2) is 0 Å². The molecule has 1 atom stereocenters. The molecule has 0 spiro atoms. The zero-order valence-corrected chi connectivity index (χ0v) is 13.8. The van der Waals surface area contributed by atoms with Gasteiger partial charge < -0.3 is 15.3 Å². The third-order valence-corrected chi connectivity index (χ3v) is 4.70. The number of urea groups is 1. The monoisotopic (exact) mass is 324 g/mol. The number of amides is 2. The Morgan fingerprint density at radius 2 is 1.62 bits per heavy atom. The van der Waals surface area contributed by atoms with Crippen LogP contribution in [0.2, 0.25) is 0 Å². The van der Waals surface area contributed by atoms with Gasteiger partial charge >= 0.3 is 6.03 Å². The normalized spacial score (nSPS) is 16.6. The van der Waals surface area contributed by atoms with Gasteiger partial charge in [-0.15, -0.1) is 0 Å². The number of hydrogen-bond acceptors (Lipinski definition) is 2. The van der Waals surface area contributed by atoms with E-state index < -0.39 is 6.10 Å². The number of aliphatic hydroxyl groups excluding tert-OH is 1. The average Bonchev–Trinajstić information content (AvgIpc) is 2.67.